The highest BCUT2D eigenvalue weighted by Crippen LogP contribution is 2.37. The molecule has 0 spiro atoms. The minimum absolute atomic E-state index is 0.253. The number of nitrogens with zero attached hydrogens (tertiary/aromatic N) is 3. The van der Waals surface area contributed by atoms with Gasteiger partial charge in [0.1, 0.15) is 17.6 Å². The van der Waals surface area contributed by atoms with Gasteiger partial charge in [0.25, 0.3) is 0 Å². The van der Waals surface area contributed by atoms with Crippen LogP contribution in [0.5, 0.6) is 0 Å². The van der Waals surface area contributed by atoms with Crippen LogP contribution in [0.4, 0.5) is 10.2 Å². The summed E-state index contributed by atoms with van der Waals surface area (Å²) in [5.41, 5.74) is 0.854. The van der Waals surface area contributed by atoms with Gasteiger partial charge in [0.2, 0.25) is 0 Å². The van der Waals surface area contributed by atoms with Gasteiger partial charge in [-0.15, -0.1) is 0 Å². The smallest absolute Gasteiger partial charge is 0.137 e. The van der Waals surface area contributed by atoms with E-state index in [4.69, 9.17) is 11.6 Å². The Hall–Kier alpha value is -1.46. The quantitative estimate of drug-likeness (QED) is 0.866. The molecule has 6 heteroatoms. The fourth-order valence-corrected chi connectivity index (χ4v) is 4.39. The van der Waals surface area contributed by atoms with E-state index >= 15 is 0 Å². The minimum Gasteiger partial charge on any atom is -0.367 e. The van der Waals surface area contributed by atoms with Gasteiger partial charge in [0, 0.05) is 42.3 Å². The molecule has 2 fully saturated rings. The number of aromatic nitrogens is 2. The lowest BCUT2D eigenvalue weighted by molar-refractivity contribution is 0.123. The molecule has 23 heavy (non-hydrogen) atoms. The van der Waals surface area contributed by atoms with Crippen LogP contribution in [-0.4, -0.2) is 46.2 Å². The van der Waals surface area contributed by atoms with Crippen LogP contribution in [0.2, 0.25) is 5.15 Å². The van der Waals surface area contributed by atoms with Crippen LogP contribution in [-0.2, 0) is 0 Å². The van der Waals surface area contributed by atoms with Crippen molar-refractivity contribution in [3.05, 3.63) is 29.5 Å². The van der Waals surface area contributed by atoms with Crippen LogP contribution in [0.25, 0.3) is 10.9 Å². The van der Waals surface area contributed by atoms with Crippen molar-refractivity contribution in [3.8, 4) is 0 Å². The molecule has 0 aliphatic carbocycles. The van der Waals surface area contributed by atoms with Gasteiger partial charge in [0.15, 0.2) is 0 Å². The average molecular weight is 335 g/mol. The van der Waals surface area contributed by atoms with Gasteiger partial charge in [-0.2, -0.15) is 0 Å². The van der Waals surface area contributed by atoms with E-state index in [-0.39, 0.29) is 6.67 Å². The van der Waals surface area contributed by atoms with Gasteiger partial charge in [0.05, 0.1) is 5.52 Å². The van der Waals surface area contributed by atoms with E-state index in [1.807, 2.05) is 12.1 Å². The minimum atomic E-state index is -0.253. The maximum absolute atomic E-state index is 12.7. The number of piperidine rings is 1. The maximum Gasteiger partial charge on any atom is 0.137 e. The Morgan fingerprint density at radius 1 is 1.30 bits per heavy atom. The Morgan fingerprint density at radius 2 is 2.09 bits per heavy atom. The second kappa shape index (κ2) is 6.21. The second-order valence-corrected chi connectivity index (χ2v) is 6.88. The molecule has 0 amide bonds. The van der Waals surface area contributed by atoms with Gasteiger partial charge in [-0.1, -0.05) is 11.6 Å². The molecule has 2 saturated heterocycles. The first-order valence-corrected chi connectivity index (χ1v) is 8.62. The Labute approximate surface area is 140 Å². The summed E-state index contributed by atoms with van der Waals surface area (Å²) in [5.74, 6) is 0.809. The van der Waals surface area contributed by atoms with Crippen LogP contribution in [0.1, 0.15) is 25.7 Å². The predicted molar refractivity (Wildman–Crippen MR) is 90.7 cm³/mol. The van der Waals surface area contributed by atoms with Crippen LogP contribution in [0, 0.1) is 0 Å². The summed E-state index contributed by atoms with van der Waals surface area (Å²) in [7, 11) is 0. The Bertz CT molecular complexity index is 696. The number of fused-ring (bicyclic) bond motifs is 3. The number of rotatable bonds is 4. The topological polar surface area (TPSA) is 41.0 Å². The lowest BCUT2D eigenvalue weighted by Gasteiger charge is -2.39. The molecule has 2 aliphatic rings. The summed E-state index contributed by atoms with van der Waals surface area (Å²) in [6, 6.07) is 7.06. The monoisotopic (exact) mass is 334 g/mol. The van der Waals surface area contributed by atoms with E-state index < -0.39 is 0 Å². The summed E-state index contributed by atoms with van der Waals surface area (Å²) in [5, 5.41) is 5.02. The summed E-state index contributed by atoms with van der Waals surface area (Å²) >= 11 is 6.13. The van der Waals surface area contributed by atoms with Gasteiger partial charge >= 0.3 is 0 Å². The molecule has 2 aromatic heterocycles. The first-order valence-electron chi connectivity index (χ1n) is 8.24. The number of hydrogen-bond donors (Lipinski definition) is 1. The number of alkyl halides is 1. The van der Waals surface area contributed by atoms with Crippen molar-refractivity contribution < 1.29 is 4.39 Å². The Kier molecular flexibility index (Phi) is 4.07. The van der Waals surface area contributed by atoms with E-state index in [1.54, 1.807) is 12.3 Å². The van der Waals surface area contributed by atoms with Gasteiger partial charge in [-0.25, -0.2) is 9.37 Å². The third-order valence-electron chi connectivity index (χ3n) is 5.14. The lowest BCUT2D eigenvalue weighted by atomic mass is 9.97. The zero-order valence-electron chi connectivity index (χ0n) is 12.9. The van der Waals surface area contributed by atoms with Crippen LogP contribution in [0.3, 0.4) is 0 Å². The molecule has 122 valence electrons. The molecule has 2 aliphatic heterocycles. The predicted octanol–water partition coefficient (Wildman–Crippen LogP) is 3.66. The van der Waals surface area contributed by atoms with Crippen molar-refractivity contribution in [3.63, 3.8) is 0 Å². The van der Waals surface area contributed by atoms with Crippen LogP contribution >= 0.6 is 11.6 Å². The van der Waals surface area contributed by atoms with E-state index in [0.29, 0.717) is 29.8 Å². The van der Waals surface area contributed by atoms with Crippen molar-refractivity contribution in [2.24, 2.45) is 0 Å². The van der Waals surface area contributed by atoms with Gasteiger partial charge in [-0.3, -0.25) is 9.88 Å². The summed E-state index contributed by atoms with van der Waals surface area (Å²) < 4.78 is 12.7. The van der Waals surface area contributed by atoms with Crippen molar-refractivity contribution in [2.45, 2.75) is 43.8 Å². The highest BCUT2D eigenvalue weighted by Gasteiger charge is 2.40. The van der Waals surface area contributed by atoms with E-state index in [2.05, 4.69) is 20.2 Å². The molecule has 0 saturated carbocycles. The largest absolute Gasteiger partial charge is 0.367 e. The highest BCUT2D eigenvalue weighted by molar-refractivity contribution is 6.30. The first kappa shape index (κ1) is 15.1. The third kappa shape index (κ3) is 2.88. The molecule has 2 bridgehead atoms. The Balaban J connectivity index is 1.56. The average Bonchev–Trinajstić information content (AvgIpc) is 2.78. The second-order valence-electron chi connectivity index (χ2n) is 6.49. The Morgan fingerprint density at radius 3 is 2.83 bits per heavy atom. The summed E-state index contributed by atoms with van der Waals surface area (Å²) in [4.78, 5) is 11.2. The van der Waals surface area contributed by atoms with E-state index in [9.17, 15) is 4.39 Å². The SMILES string of the molecule is FCCN1C2CCC1CC(Nc1nc(Cl)cc3ncccc13)C2. The zero-order valence-corrected chi connectivity index (χ0v) is 13.6. The number of nitrogens with one attached hydrogen (secondary N) is 1. The number of halogens is 2. The first-order chi connectivity index (χ1) is 11.2. The van der Waals surface area contributed by atoms with Crippen LogP contribution in [0.15, 0.2) is 24.4 Å². The molecular formula is C17H20ClFN4. The summed E-state index contributed by atoms with van der Waals surface area (Å²) in [6.07, 6.45) is 6.18. The number of hydrogen-bond acceptors (Lipinski definition) is 4. The molecule has 2 unspecified atom stereocenters. The molecule has 2 atom stereocenters. The fourth-order valence-electron chi connectivity index (χ4n) is 4.20. The summed E-state index contributed by atoms with van der Waals surface area (Å²) in [6.45, 7) is 0.321. The zero-order chi connectivity index (χ0) is 15.8. The molecule has 1 N–H and O–H groups in total. The molecular weight excluding hydrogens is 315 g/mol. The fraction of sp³-hybridized carbons (Fsp3) is 0.529. The normalized spacial score (nSPS) is 27.5. The number of pyridine rings is 2. The molecule has 4 nitrogen and oxygen atoms in total. The van der Waals surface area contributed by atoms with Crippen molar-refractivity contribution in [2.75, 3.05) is 18.5 Å². The molecule has 4 heterocycles. The highest BCUT2D eigenvalue weighted by atomic mass is 35.5. The van der Waals surface area contributed by atoms with Crippen molar-refractivity contribution >= 4 is 28.3 Å². The van der Waals surface area contributed by atoms with Crippen molar-refractivity contribution in [1.82, 2.24) is 14.9 Å². The number of anilines is 1. The third-order valence-corrected chi connectivity index (χ3v) is 5.33. The van der Waals surface area contributed by atoms with Gasteiger partial charge < -0.3 is 5.32 Å². The molecule has 4 rings (SSSR count). The van der Waals surface area contributed by atoms with Crippen LogP contribution < -0.4 is 5.32 Å². The van der Waals surface area contributed by atoms with Crippen molar-refractivity contribution in [1.29, 1.82) is 0 Å². The lowest BCUT2D eigenvalue weighted by Crippen LogP contribution is -2.47. The molecule has 0 aromatic carbocycles. The molecule has 0 radical (unpaired) electrons. The van der Waals surface area contributed by atoms with Gasteiger partial charge in [-0.05, 0) is 37.8 Å². The standard InChI is InChI=1S/C17H20ClFN4/c18-16-10-15-14(2-1-6-20-15)17(22-16)21-11-8-12-3-4-13(9-11)23(12)7-5-19/h1-2,6,10-13H,3-5,7-9H2,(H,21,22). The van der Waals surface area contributed by atoms with E-state index in [1.165, 1.54) is 12.8 Å². The molecule has 2 aromatic rings. The van der Waals surface area contributed by atoms with E-state index in [0.717, 1.165) is 29.6 Å². The maximum atomic E-state index is 12.7.